The van der Waals surface area contributed by atoms with Gasteiger partial charge in [0.15, 0.2) is 0 Å². The number of hydrogen-bond donors (Lipinski definition) is 0. The molecule has 0 fully saturated rings. The highest BCUT2D eigenvalue weighted by molar-refractivity contribution is 6.37. The summed E-state index contributed by atoms with van der Waals surface area (Å²) in [6.45, 7) is 6.06. The van der Waals surface area contributed by atoms with Crippen LogP contribution >= 0.6 is 11.6 Å². The molecule has 86 valence electrons. The lowest BCUT2D eigenvalue weighted by molar-refractivity contribution is 1.03. The second-order valence-corrected chi connectivity index (χ2v) is 3.82. The van der Waals surface area contributed by atoms with E-state index in [1.165, 1.54) is 5.56 Å². The van der Waals surface area contributed by atoms with E-state index in [0.29, 0.717) is 0 Å². The van der Waals surface area contributed by atoms with E-state index in [1.54, 1.807) is 0 Å². The van der Waals surface area contributed by atoms with Crippen LogP contribution in [0.3, 0.4) is 0 Å². The smallest absolute Gasteiger partial charge is 0.0742 e. The van der Waals surface area contributed by atoms with E-state index in [0.717, 1.165) is 29.1 Å². The van der Waals surface area contributed by atoms with Gasteiger partial charge in [0, 0.05) is 16.8 Å². The molecule has 0 aromatic carbocycles. The maximum absolute atomic E-state index is 6.14. The average Bonchev–Trinajstić information content (AvgIpc) is 2.34. The summed E-state index contributed by atoms with van der Waals surface area (Å²) in [6.07, 6.45) is 8.13. The molecule has 0 saturated heterocycles. The molecule has 1 aromatic heterocycles. The van der Waals surface area contributed by atoms with Gasteiger partial charge in [0.2, 0.25) is 0 Å². The normalized spacial score (nSPS) is 14.5. The molecule has 1 heterocycles. The summed E-state index contributed by atoms with van der Waals surface area (Å²) in [4.78, 5) is 4.36. The van der Waals surface area contributed by atoms with Crippen molar-refractivity contribution in [3.63, 3.8) is 0 Å². The first-order chi connectivity index (χ1) is 7.79. The Labute approximate surface area is 103 Å². The first kappa shape index (κ1) is 13.0. The summed E-state index contributed by atoms with van der Waals surface area (Å²) >= 11 is 6.14. The highest BCUT2D eigenvalue weighted by atomic mass is 35.5. The third-order valence-corrected chi connectivity index (χ3v) is 2.72. The molecule has 0 aliphatic heterocycles. The van der Waals surface area contributed by atoms with Crippen molar-refractivity contribution in [2.24, 2.45) is 0 Å². The van der Waals surface area contributed by atoms with Gasteiger partial charge in [0.1, 0.15) is 0 Å². The topological polar surface area (TPSA) is 12.9 Å². The van der Waals surface area contributed by atoms with E-state index in [-0.39, 0.29) is 0 Å². The quantitative estimate of drug-likeness (QED) is 0.687. The average molecular weight is 236 g/mol. The van der Waals surface area contributed by atoms with Gasteiger partial charge < -0.3 is 0 Å². The lowest BCUT2D eigenvalue weighted by Crippen LogP contribution is -1.96. The van der Waals surface area contributed by atoms with Gasteiger partial charge in [-0.2, -0.15) is 0 Å². The van der Waals surface area contributed by atoms with Crippen molar-refractivity contribution in [1.29, 1.82) is 0 Å². The maximum atomic E-state index is 6.14. The van der Waals surface area contributed by atoms with E-state index < -0.39 is 0 Å². The first-order valence-electron chi connectivity index (χ1n) is 5.77. The largest absolute Gasteiger partial charge is 0.256 e. The summed E-state index contributed by atoms with van der Waals surface area (Å²) < 4.78 is 0. The van der Waals surface area contributed by atoms with Crippen LogP contribution in [0.1, 0.15) is 37.9 Å². The maximum Gasteiger partial charge on any atom is 0.0742 e. The fourth-order valence-electron chi connectivity index (χ4n) is 1.62. The van der Waals surface area contributed by atoms with Crippen LogP contribution in [0.4, 0.5) is 0 Å². The molecule has 1 nitrogen and oxygen atoms in total. The molecule has 2 rings (SSSR count). The monoisotopic (exact) mass is 235 g/mol. The van der Waals surface area contributed by atoms with E-state index in [4.69, 9.17) is 11.6 Å². The molecule has 0 spiro atoms. The molecule has 1 aromatic rings. The Morgan fingerprint density at radius 3 is 2.50 bits per heavy atom. The molecule has 2 heteroatoms. The van der Waals surface area contributed by atoms with Crippen LogP contribution < -0.4 is 0 Å². The number of aryl methyl sites for hydroxylation is 1. The molecule has 0 amide bonds. The molecular weight excluding hydrogens is 218 g/mol. The molecule has 1 aliphatic carbocycles. The third kappa shape index (κ3) is 2.96. The number of pyridine rings is 1. The van der Waals surface area contributed by atoms with Crippen molar-refractivity contribution in [2.45, 2.75) is 33.6 Å². The number of nitrogens with zero attached hydrogens (tertiary/aromatic N) is 1. The molecule has 16 heavy (non-hydrogen) atoms. The van der Waals surface area contributed by atoms with E-state index >= 15 is 0 Å². The lowest BCUT2D eigenvalue weighted by atomic mass is 10.0. The predicted octanol–water partition coefficient (Wildman–Crippen LogP) is 4.72. The Bertz CT molecular complexity index is 405. The third-order valence-electron chi connectivity index (χ3n) is 2.36. The minimum Gasteiger partial charge on any atom is -0.256 e. The minimum absolute atomic E-state index is 0.832. The van der Waals surface area contributed by atoms with Crippen molar-refractivity contribution in [3.8, 4) is 0 Å². The van der Waals surface area contributed by atoms with Crippen LogP contribution in [0.15, 0.2) is 35.5 Å². The predicted molar refractivity (Wildman–Crippen MR) is 71.5 cm³/mol. The van der Waals surface area contributed by atoms with Gasteiger partial charge in [-0.05, 0) is 31.4 Å². The summed E-state index contributed by atoms with van der Waals surface area (Å²) in [7, 11) is 0. The Hall–Kier alpha value is -1.08. The lowest BCUT2D eigenvalue weighted by Gasteiger charge is -2.12. The Kier molecular flexibility index (Phi) is 5.27. The molecule has 0 bridgehead atoms. The zero-order valence-corrected chi connectivity index (χ0v) is 10.9. The van der Waals surface area contributed by atoms with Gasteiger partial charge in [0.25, 0.3) is 0 Å². The van der Waals surface area contributed by atoms with Crippen molar-refractivity contribution < 1.29 is 0 Å². The van der Waals surface area contributed by atoms with Gasteiger partial charge in [0.05, 0.1) is 5.69 Å². The summed E-state index contributed by atoms with van der Waals surface area (Å²) in [5, 5.41) is 0.832. The van der Waals surface area contributed by atoms with Crippen molar-refractivity contribution in [2.75, 3.05) is 0 Å². The van der Waals surface area contributed by atoms with Crippen LogP contribution in [0.5, 0.6) is 0 Å². The number of halogens is 1. The van der Waals surface area contributed by atoms with Crippen LogP contribution in [0, 0.1) is 6.92 Å². The van der Waals surface area contributed by atoms with Crippen LogP contribution in [-0.2, 0) is 0 Å². The molecule has 0 atom stereocenters. The van der Waals surface area contributed by atoms with Gasteiger partial charge in [-0.25, -0.2) is 0 Å². The van der Waals surface area contributed by atoms with Crippen molar-refractivity contribution in [1.82, 2.24) is 4.98 Å². The SMILES string of the molecule is CC.Cc1cccnc1C1=CCCC=C1Cl. The van der Waals surface area contributed by atoms with E-state index in [9.17, 15) is 0 Å². The van der Waals surface area contributed by atoms with Gasteiger partial charge in [-0.15, -0.1) is 0 Å². The molecule has 0 radical (unpaired) electrons. The first-order valence-corrected chi connectivity index (χ1v) is 6.15. The standard InChI is InChI=1S/C12H12ClN.C2H6/c1-9-5-4-8-14-12(9)10-6-2-3-7-11(10)13;1-2/h4-8H,2-3H2,1H3;1-2H3. The highest BCUT2D eigenvalue weighted by Gasteiger charge is 2.11. The number of aromatic nitrogens is 1. The Morgan fingerprint density at radius 1 is 1.19 bits per heavy atom. The summed E-state index contributed by atoms with van der Waals surface area (Å²) in [5.74, 6) is 0. The van der Waals surface area contributed by atoms with Gasteiger partial charge >= 0.3 is 0 Å². The Morgan fingerprint density at radius 2 is 1.88 bits per heavy atom. The van der Waals surface area contributed by atoms with E-state index in [2.05, 4.69) is 30.1 Å². The minimum atomic E-state index is 0.832. The number of allylic oxidation sites excluding steroid dienone is 4. The van der Waals surface area contributed by atoms with E-state index in [1.807, 2.05) is 26.1 Å². The van der Waals surface area contributed by atoms with Crippen LogP contribution in [-0.4, -0.2) is 4.98 Å². The molecule has 0 unspecified atom stereocenters. The summed E-state index contributed by atoms with van der Waals surface area (Å²) in [6, 6.07) is 4.00. The molecule has 1 aliphatic rings. The second-order valence-electron chi connectivity index (χ2n) is 3.42. The van der Waals surface area contributed by atoms with Crippen LogP contribution in [0.25, 0.3) is 5.57 Å². The number of rotatable bonds is 1. The fraction of sp³-hybridized carbons (Fsp3) is 0.357. The zero-order chi connectivity index (χ0) is 12.0. The van der Waals surface area contributed by atoms with Crippen molar-refractivity contribution >= 4 is 17.2 Å². The van der Waals surface area contributed by atoms with Gasteiger partial charge in [-0.1, -0.05) is 43.7 Å². The highest BCUT2D eigenvalue weighted by Crippen LogP contribution is 2.30. The fourth-order valence-corrected chi connectivity index (χ4v) is 1.90. The number of hydrogen-bond acceptors (Lipinski definition) is 1. The second kappa shape index (κ2) is 6.49. The van der Waals surface area contributed by atoms with Gasteiger partial charge in [-0.3, -0.25) is 4.98 Å². The zero-order valence-electron chi connectivity index (χ0n) is 10.1. The van der Waals surface area contributed by atoms with Crippen LogP contribution in [0.2, 0.25) is 0 Å². The van der Waals surface area contributed by atoms with Crippen molar-refractivity contribution in [3.05, 3.63) is 46.8 Å². The Balaban J connectivity index is 0.000000606. The molecule has 0 N–H and O–H groups in total. The molecule has 0 saturated carbocycles. The summed E-state index contributed by atoms with van der Waals surface area (Å²) in [5.41, 5.74) is 3.26. The molecular formula is C14H18ClN.